The van der Waals surface area contributed by atoms with Gasteiger partial charge in [0.15, 0.2) is 5.13 Å². The van der Waals surface area contributed by atoms with Gasteiger partial charge >= 0.3 is 6.03 Å². The number of carbonyl (C=O) groups excluding carboxylic acids is 1. The molecule has 1 aliphatic rings. The number of halogens is 2. The summed E-state index contributed by atoms with van der Waals surface area (Å²) in [5.41, 5.74) is 2.97. The van der Waals surface area contributed by atoms with E-state index in [4.69, 9.17) is 16.7 Å². The summed E-state index contributed by atoms with van der Waals surface area (Å²) in [6, 6.07) is 5.77. The number of hydrogen-bond donors (Lipinski definition) is 3. The van der Waals surface area contributed by atoms with Crippen molar-refractivity contribution in [3.8, 4) is 0 Å². The van der Waals surface area contributed by atoms with Crippen LogP contribution in [0.4, 0.5) is 14.3 Å². The number of hydrogen-bond acceptors (Lipinski definition) is 6. The third-order valence-electron chi connectivity index (χ3n) is 4.94. The first kappa shape index (κ1) is 25.0. The predicted molar refractivity (Wildman–Crippen MR) is 130 cm³/mol. The molecule has 7 nitrogen and oxygen atoms in total. The highest BCUT2D eigenvalue weighted by Crippen LogP contribution is 2.29. The zero-order valence-electron chi connectivity index (χ0n) is 18.4. The standard InChI is InChI=1S/C21H20ClFN4O3S.C2H6/c22-16-8-12(7-15(29)11-28)10-24-19(16)13-3-5-27(6-4-13)21(30)26-20-25-17-2-1-14(23)9-18(17)31-20;1-2/h1-3,8-10,15,28-29H,4-7,11H2,(H,25,26,30);1-2H3. The number of benzene rings is 1. The molecular formula is C23H26ClFN4O3S. The Hall–Kier alpha value is -2.59. The fourth-order valence-electron chi connectivity index (χ4n) is 3.35. The van der Waals surface area contributed by atoms with Gasteiger partial charge in [-0.2, -0.15) is 0 Å². The lowest BCUT2D eigenvalue weighted by Gasteiger charge is -2.26. The van der Waals surface area contributed by atoms with E-state index >= 15 is 0 Å². The van der Waals surface area contributed by atoms with E-state index in [0.29, 0.717) is 45.6 Å². The SMILES string of the molecule is CC.O=C(Nc1nc2ccc(F)cc2s1)N1CC=C(c2ncc(CC(O)CO)cc2Cl)CC1. The number of nitrogens with one attached hydrogen (secondary N) is 1. The lowest BCUT2D eigenvalue weighted by Crippen LogP contribution is -2.37. The summed E-state index contributed by atoms with van der Waals surface area (Å²) in [5, 5.41) is 22.2. The van der Waals surface area contributed by atoms with Crippen LogP contribution in [0.15, 0.2) is 36.5 Å². The highest BCUT2D eigenvalue weighted by molar-refractivity contribution is 7.22. The van der Waals surface area contributed by atoms with Crippen molar-refractivity contribution in [2.45, 2.75) is 32.8 Å². The fraction of sp³-hybridized carbons (Fsp3) is 0.348. The van der Waals surface area contributed by atoms with Crippen molar-refractivity contribution in [1.29, 1.82) is 0 Å². The molecule has 2 aromatic heterocycles. The molecule has 3 heterocycles. The molecule has 0 saturated carbocycles. The second-order valence-corrected chi connectivity index (χ2v) is 8.64. The molecule has 0 spiro atoms. The molecule has 1 unspecified atom stereocenters. The lowest BCUT2D eigenvalue weighted by molar-refractivity contribution is 0.0954. The van der Waals surface area contributed by atoms with E-state index in [9.17, 15) is 14.3 Å². The quantitative estimate of drug-likeness (QED) is 0.478. The molecule has 1 aliphatic heterocycles. The Morgan fingerprint density at radius 1 is 1.36 bits per heavy atom. The van der Waals surface area contributed by atoms with E-state index in [0.717, 1.165) is 11.1 Å². The van der Waals surface area contributed by atoms with Gasteiger partial charge in [-0.15, -0.1) is 0 Å². The number of rotatable bonds is 5. The molecule has 2 amide bonds. The first-order valence-corrected chi connectivity index (χ1v) is 11.9. The van der Waals surface area contributed by atoms with Crippen molar-refractivity contribution >= 4 is 49.9 Å². The van der Waals surface area contributed by atoms with Gasteiger partial charge < -0.3 is 15.1 Å². The minimum absolute atomic E-state index is 0.273. The number of aliphatic hydroxyl groups excluding tert-OH is 2. The van der Waals surface area contributed by atoms with Crippen LogP contribution >= 0.6 is 22.9 Å². The summed E-state index contributed by atoms with van der Waals surface area (Å²) in [5.74, 6) is -0.340. The van der Waals surface area contributed by atoms with Gasteiger partial charge in [0.1, 0.15) is 5.82 Å². The first-order chi connectivity index (χ1) is 15.9. The van der Waals surface area contributed by atoms with E-state index in [-0.39, 0.29) is 24.9 Å². The minimum Gasteiger partial charge on any atom is -0.394 e. The molecule has 1 atom stereocenters. The summed E-state index contributed by atoms with van der Waals surface area (Å²) in [6.45, 7) is 4.56. The first-order valence-electron chi connectivity index (χ1n) is 10.7. The molecule has 1 aromatic carbocycles. The molecular weight excluding hydrogens is 467 g/mol. The summed E-state index contributed by atoms with van der Waals surface area (Å²) in [4.78, 5) is 23.0. The zero-order valence-corrected chi connectivity index (χ0v) is 20.0. The molecule has 3 aromatic rings. The molecule has 33 heavy (non-hydrogen) atoms. The van der Waals surface area contributed by atoms with Gasteiger partial charge in [-0.05, 0) is 41.8 Å². The Morgan fingerprint density at radius 3 is 2.82 bits per heavy atom. The average molecular weight is 493 g/mol. The largest absolute Gasteiger partial charge is 0.394 e. The van der Waals surface area contributed by atoms with Crippen molar-refractivity contribution in [3.05, 3.63) is 58.6 Å². The highest BCUT2D eigenvalue weighted by Gasteiger charge is 2.21. The van der Waals surface area contributed by atoms with Gasteiger partial charge in [-0.25, -0.2) is 14.2 Å². The minimum atomic E-state index is -0.848. The van der Waals surface area contributed by atoms with E-state index in [1.165, 1.54) is 23.5 Å². The molecule has 0 bridgehead atoms. The van der Waals surface area contributed by atoms with E-state index in [1.54, 1.807) is 23.2 Å². The molecule has 176 valence electrons. The van der Waals surface area contributed by atoms with Crippen molar-refractivity contribution in [2.24, 2.45) is 0 Å². The normalized spacial score (nSPS) is 14.4. The molecule has 10 heteroatoms. The van der Waals surface area contributed by atoms with Crippen LogP contribution in [0, 0.1) is 5.82 Å². The van der Waals surface area contributed by atoms with Gasteiger partial charge in [0.05, 0.1) is 33.6 Å². The van der Waals surface area contributed by atoms with Crippen LogP contribution < -0.4 is 5.32 Å². The summed E-state index contributed by atoms with van der Waals surface area (Å²) in [7, 11) is 0. The molecule has 4 rings (SSSR count). The summed E-state index contributed by atoms with van der Waals surface area (Å²) in [6.07, 6.45) is 3.56. The molecule has 0 fully saturated rings. The van der Waals surface area contributed by atoms with Crippen molar-refractivity contribution in [3.63, 3.8) is 0 Å². The molecule has 0 aliphatic carbocycles. The Labute approximate surface area is 200 Å². The Morgan fingerprint density at radius 2 is 2.15 bits per heavy atom. The zero-order chi connectivity index (χ0) is 24.0. The number of urea groups is 1. The number of nitrogens with zero attached hydrogens (tertiary/aromatic N) is 3. The number of fused-ring (bicyclic) bond motifs is 1. The molecule has 0 saturated heterocycles. The van der Waals surface area contributed by atoms with Gasteiger partial charge in [0.25, 0.3) is 0 Å². The Kier molecular flexibility index (Phi) is 8.74. The van der Waals surface area contributed by atoms with Gasteiger partial charge in [-0.1, -0.05) is 42.9 Å². The van der Waals surface area contributed by atoms with Crippen molar-refractivity contribution in [1.82, 2.24) is 14.9 Å². The maximum atomic E-state index is 13.3. The highest BCUT2D eigenvalue weighted by atomic mass is 35.5. The fourth-order valence-corrected chi connectivity index (χ4v) is 4.54. The maximum absolute atomic E-state index is 13.3. The van der Waals surface area contributed by atoms with Crippen LogP contribution in [-0.4, -0.2) is 56.9 Å². The number of pyridine rings is 1. The molecule has 0 radical (unpaired) electrons. The van der Waals surface area contributed by atoms with Crippen LogP contribution in [0.25, 0.3) is 15.8 Å². The lowest BCUT2D eigenvalue weighted by atomic mass is 10.0. The van der Waals surface area contributed by atoms with Crippen LogP contribution in [0.5, 0.6) is 0 Å². The van der Waals surface area contributed by atoms with Gasteiger partial charge in [-0.3, -0.25) is 10.3 Å². The van der Waals surface area contributed by atoms with Gasteiger partial charge in [0, 0.05) is 25.7 Å². The second kappa shape index (κ2) is 11.5. The van der Waals surface area contributed by atoms with Crippen LogP contribution in [-0.2, 0) is 6.42 Å². The topological polar surface area (TPSA) is 98.6 Å². The Bertz CT molecular complexity index is 1150. The van der Waals surface area contributed by atoms with Crippen LogP contribution in [0.1, 0.15) is 31.5 Å². The Balaban J connectivity index is 0.00000149. The predicted octanol–water partition coefficient (Wildman–Crippen LogP) is 4.73. The van der Waals surface area contributed by atoms with Crippen molar-refractivity contribution < 1.29 is 19.4 Å². The van der Waals surface area contributed by atoms with Crippen LogP contribution in [0.3, 0.4) is 0 Å². The summed E-state index contributed by atoms with van der Waals surface area (Å²) < 4.78 is 14.0. The average Bonchev–Trinajstić information content (AvgIpc) is 3.21. The number of carbonyl (C=O) groups is 1. The monoisotopic (exact) mass is 492 g/mol. The maximum Gasteiger partial charge on any atom is 0.323 e. The van der Waals surface area contributed by atoms with E-state index in [1.807, 2.05) is 19.9 Å². The van der Waals surface area contributed by atoms with Crippen LogP contribution in [0.2, 0.25) is 5.02 Å². The van der Waals surface area contributed by atoms with E-state index in [2.05, 4.69) is 15.3 Å². The molecule has 3 N–H and O–H groups in total. The summed E-state index contributed by atoms with van der Waals surface area (Å²) >= 11 is 7.60. The number of aliphatic hydroxyl groups is 2. The number of amides is 2. The second-order valence-electron chi connectivity index (χ2n) is 7.20. The van der Waals surface area contributed by atoms with E-state index < -0.39 is 6.10 Å². The van der Waals surface area contributed by atoms with Gasteiger partial charge in [0.2, 0.25) is 0 Å². The van der Waals surface area contributed by atoms with Crippen molar-refractivity contribution in [2.75, 3.05) is 25.0 Å². The number of thiazole rings is 1. The number of anilines is 1. The number of aromatic nitrogens is 2. The third kappa shape index (κ3) is 6.26. The third-order valence-corrected chi connectivity index (χ3v) is 6.17. The smallest absolute Gasteiger partial charge is 0.323 e.